The first kappa shape index (κ1) is 12.4. The van der Waals surface area contributed by atoms with Crippen LogP contribution in [0.5, 0.6) is 0 Å². The summed E-state index contributed by atoms with van der Waals surface area (Å²) < 4.78 is 0. The van der Waals surface area contributed by atoms with E-state index in [-0.39, 0.29) is 0 Å². The lowest BCUT2D eigenvalue weighted by Crippen LogP contribution is -2.47. The van der Waals surface area contributed by atoms with Gasteiger partial charge in [0.15, 0.2) is 0 Å². The molecule has 89 valence electrons. The van der Waals surface area contributed by atoms with Crippen LogP contribution < -0.4 is 5.19 Å². The Morgan fingerprint density at radius 3 is 2.41 bits per heavy atom. The summed E-state index contributed by atoms with van der Waals surface area (Å²) in [5.41, 5.74) is 3.18. The van der Waals surface area contributed by atoms with E-state index in [0.29, 0.717) is 0 Å². The van der Waals surface area contributed by atoms with Gasteiger partial charge in [0.05, 0.1) is 8.07 Å². The molecule has 0 atom stereocenters. The first-order valence-corrected chi connectivity index (χ1v) is 9.47. The van der Waals surface area contributed by atoms with E-state index in [9.17, 15) is 0 Å². The number of rotatable bonds is 4. The molecule has 0 saturated carbocycles. The fourth-order valence-corrected chi connectivity index (χ4v) is 5.43. The van der Waals surface area contributed by atoms with E-state index in [4.69, 9.17) is 0 Å². The number of hydrogen-bond acceptors (Lipinski definition) is 0. The maximum absolute atomic E-state index is 2.46. The molecule has 1 aliphatic carbocycles. The number of benzene rings is 1. The third-order valence-electron chi connectivity index (χ3n) is 3.59. The van der Waals surface area contributed by atoms with Crippen molar-refractivity contribution in [2.24, 2.45) is 0 Å². The van der Waals surface area contributed by atoms with Crippen molar-refractivity contribution < 1.29 is 0 Å². The normalized spacial score (nSPS) is 16.3. The molecule has 0 aliphatic heterocycles. The van der Waals surface area contributed by atoms with Gasteiger partial charge in [0.25, 0.3) is 0 Å². The first-order chi connectivity index (χ1) is 8.16. The highest BCUT2D eigenvalue weighted by atomic mass is 28.3. The highest BCUT2D eigenvalue weighted by molar-refractivity contribution is 6.95. The Morgan fingerprint density at radius 2 is 1.76 bits per heavy atom. The van der Waals surface area contributed by atoms with E-state index in [1.54, 1.807) is 11.1 Å². The fraction of sp³-hybridized carbons (Fsp3) is 0.312. The van der Waals surface area contributed by atoms with Gasteiger partial charge in [-0.2, -0.15) is 0 Å². The Balaban J connectivity index is 2.27. The lowest BCUT2D eigenvalue weighted by Gasteiger charge is -2.30. The summed E-state index contributed by atoms with van der Waals surface area (Å²) in [5.74, 6) is 0. The van der Waals surface area contributed by atoms with Gasteiger partial charge < -0.3 is 0 Å². The van der Waals surface area contributed by atoms with Crippen LogP contribution in [0.15, 0.2) is 54.1 Å². The van der Waals surface area contributed by atoms with Gasteiger partial charge in [-0.1, -0.05) is 85.8 Å². The summed E-state index contributed by atoms with van der Waals surface area (Å²) in [6.07, 6.45) is 9.31. The summed E-state index contributed by atoms with van der Waals surface area (Å²) in [7, 11) is -1.49. The van der Waals surface area contributed by atoms with Crippen molar-refractivity contribution >= 4 is 13.3 Å². The van der Waals surface area contributed by atoms with Gasteiger partial charge in [-0.25, -0.2) is 0 Å². The van der Waals surface area contributed by atoms with E-state index >= 15 is 0 Å². The van der Waals surface area contributed by atoms with Crippen molar-refractivity contribution in [2.75, 3.05) is 0 Å². The Labute approximate surface area is 106 Å². The van der Waals surface area contributed by atoms with Crippen LogP contribution >= 0.6 is 0 Å². The minimum absolute atomic E-state index is 1.21. The molecule has 0 nitrogen and oxygen atoms in total. The van der Waals surface area contributed by atoms with Crippen molar-refractivity contribution in [1.82, 2.24) is 0 Å². The molecule has 0 bridgehead atoms. The average molecular weight is 241 g/mol. The quantitative estimate of drug-likeness (QED) is 0.699. The fourth-order valence-electron chi connectivity index (χ4n) is 2.56. The van der Waals surface area contributed by atoms with E-state index in [2.05, 4.69) is 68.6 Å². The molecular formula is C16H21Si. The van der Waals surface area contributed by atoms with Crippen molar-refractivity contribution in [3.8, 4) is 0 Å². The predicted octanol–water partition coefficient (Wildman–Crippen LogP) is 4.01. The van der Waals surface area contributed by atoms with Gasteiger partial charge >= 0.3 is 0 Å². The molecule has 0 spiro atoms. The zero-order chi connectivity index (χ0) is 12.3. The summed E-state index contributed by atoms with van der Waals surface area (Å²) >= 11 is 0. The van der Waals surface area contributed by atoms with Gasteiger partial charge in [0.1, 0.15) is 0 Å². The minimum atomic E-state index is -1.49. The summed E-state index contributed by atoms with van der Waals surface area (Å²) in [6, 6.07) is 11.0. The largest absolute Gasteiger partial charge is 0.0962 e. The molecule has 1 radical (unpaired) electrons. The van der Waals surface area contributed by atoms with Crippen LogP contribution in [0.1, 0.15) is 19.8 Å². The van der Waals surface area contributed by atoms with Crippen molar-refractivity contribution in [3.05, 3.63) is 59.7 Å². The monoisotopic (exact) mass is 241 g/mol. The van der Waals surface area contributed by atoms with E-state index in [0.717, 1.165) is 0 Å². The second kappa shape index (κ2) is 5.05. The molecule has 0 heterocycles. The zero-order valence-electron chi connectivity index (χ0n) is 11.0. The van der Waals surface area contributed by atoms with Crippen molar-refractivity contribution in [3.63, 3.8) is 0 Å². The molecule has 1 heteroatoms. The molecule has 0 N–H and O–H groups in total. The van der Waals surface area contributed by atoms with Crippen LogP contribution in [0.25, 0.3) is 0 Å². The summed E-state index contributed by atoms with van der Waals surface area (Å²) in [4.78, 5) is 0. The van der Waals surface area contributed by atoms with Gasteiger partial charge in [0.2, 0.25) is 0 Å². The molecule has 0 aromatic heterocycles. The van der Waals surface area contributed by atoms with Crippen LogP contribution in [0.4, 0.5) is 0 Å². The lowest BCUT2D eigenvalue weighted by atomic mass is 10.1. The molecular weight excluding hydrogens is 220 g/mol. The van der Waals surface area contributed by atoms with Crippen LogP contribution in [-0.2, 0) is 0 Å². The Hall–Kier alpha value is -1.08. The molecule has 1 aromatic rings. The third-order valence-corrected chi connectivity index (χ3v) is 7.21. The molecule has 0 saturated heterocycles. The minimum Gasteiger partial charge on any atom is -0.0757 e. The lowest BCUT2D eigenvalue weighted by molar-refractivity contribution is 0.911. The SMILES string of the molecule is CCCC1=CC=C[C]1[Si](C)(C)c1ccccc1. The molecule has 17 heavy (non-hydrogen) atoms. The topological polar surface area (TPSA) is 0 Å². The number of allylic oxidation sites excluding steroid dienone is 4. The first-order valence-electron chi connectivity index (χ1n) is 6.47. The Kier molecular flexibility index (Phi) is 3.68. The van der Waals surface area contributed by atoms with Crippen LogP contribution in [0.2, 0.25) is 13.1 Å². The Bertz CT molecular complexity index is 426. The molecule has 1 aromatic carbocycles. The van der Waals surface area contributed by atoms with Crippen LogP contribution in [-0.4, -0.2) is 8.07 Å². The van der Waals surface area contributed by atoms with E-state index in [1.165, 1.54) is 18.0 Å². The highest BCUT2D eigenvalue weighted by Crippen LogP contribution is 2.33. The number of hydrogen-bond donors (Lipinski definition) is 0. The van der Waals surface area contributed by atoms with Crippen molar-refractivity contribution in [1.29, 1.82) is 0 Å². The summed E-state index contributed by atoms with van der Waals surface area (Å²) in [5, 5.41) is 1.53. The third kappa shape index (κ3) is 2.44. The van der Waals surface area contributed by atoms with Crippen LogP contribution in [0.3, 0.4) is 0 Å². The molecule has 0 unspecified atom stereocenters. The highest BCUT2D eigenvalue weighted by Gasteiger charge is 2.35. The van der Waals surface area contributed by atoms with Gasteiger partial charge in [-0.3, -0.25) is 0 Å². The second-order valence-corrected chi connectivity index (χ2v) is 9.57. The molecule has 1 aliphatic rings. The molecule has 0 amide bonds. The van der Waals surface area contributed by atoms with Gasteiger partial charge in [-0.05, 0) is 6.42 Å². The summed E-state index contributed by atoms with van der Waals surface area (Å²) in [6.45, 7) is 7.17. The van der Waals surface area contributed by atoms with E-state index in [1.807, 2.05) is 0 Å². The molecule has 2 rings (SSSR count). The Morgan fingerprint density at radius 1 is 1.06 bits per heavy atom. The van der Waals surface area contributed by atoms with E-state index < -0.39 is 8.07 Å². The predicted molar refractivity (Wildman–Crippen MR) is 78.9 cm³/mol. The maximum atomic E-state index is 2.46. The smallest absolute Gasteiger partial charge is 0.0757 e. The average Bonchev–Trinajstić information content (AvgIpc) is 2.80. The maximum Gasteiger partial charge on any atom is 0.0962 e. The zero-order valence-corrected chi connectivity index (χ0v) is 12.0. The van der Waals surface area contributed by atoms with Gasteiger partial charge in [-0.15, -0.1) is 0 Å². The second-order valence-electron chi connectivity index (χ2n) is 5.21. The molecule has 0 fully saturated rings. The van der Waals surface area contributed by atoms with Gasteiger partial charge in [0, 0.05) is 5.54 Å². The standard InChI is InChI=1S/C16H21Si/c1-4-9-14-10-8-13-16(14)17(2,3)15-11-6-5-7-12-15/h5-8,10-13H,4,9H2,1-3H3. The van der Waals surface area contributed by atoms with Crippen LogP contribution in [0, 0.1) is 5.54 Å². The van der Waals surface area contributed by atoms with Crippen molar-refractivity contribution in [2.45, 2.75) is 32.9 Å².